The Bertz CT molecular complexity index is 1580. The van der Waals surface area contributed by atoms with Gasteiger partial charge in [-0.3, -0.25) is 4.90 Å². The number of halogens is 3. The number of fused-ring (bicyclic) bond motifs is 1. The smallest absolute Gasteiger partial charge is 0.250 e. The molecule has 0 spiro atoms. The lowest BCUT2D eigenvalue weighted by Crippen LogP contribution is -2.35. The molecular weight excluding hydrogens is 538 g/mol. The highest BCUT2D eigenvalue weighted by Gasteiger charge is 2.26. The van der Waals surface area contributed by atoms with Gasteiger partial charge in [-0.2, -0.15) is 5.26 Å². The average molecular weight is 565 g/mol. The first-order valence-electron chi connectivity index (χ1n) is 13.3. The molecule has 2 fully saturated rings. The highest BCUT2D eigenvalue weighted by molar-refractivity contribution is 6.30. The summed E-state index contributed by atoms with van der Waals surface area (Å²) in [6, 6.07) is 11.1. The van der Waals surface area contributed by atoms with Gasteiger partial charge in [0.05, 0.1) is 36.4 Å². The fraction of sp³-hybridized carbons (Fsp3) is 0.379. The molecule has 0 saturated carbocycles. The fourth-order valence-corrected chi connectivity index (χ4v) is 5.39. The van der Waals surface area contributed by atoms with Crippen LogP contribution in [-0.2, 0) is 24.4 Å². The number of aromatic nitrogens is 4. The molecule has 8 nitrogen and oxygen atoms in total. The van der Waals surface area contributed by atoms with Crippen LogP contribution in [0.5, 0.6) is 5.88 Å². The number of piperidine rings is 1. The third-order valence-corrected chi connectivity index (χ3v) is 7.83. The average Bonchev–Trinajstić information content (AvgIpc) is 3.27. The number of pyridine rings is 2. The van der Waals surface area contributed by atoms with E-state index in [1.54, 1.807) is 24.4 Å². The normalized spacial score (nSPS) is 18.0. The third kappa shape index (κ3) is 5.63. The van der Waals surface area contributed by atoms with Crippen LogP contribution in [0.2, 0.25) is 5.02 Å². The van der Waals surface area contributed by atoms with Crippen molar-refractivity contribution in [2.24, 2.45) is 0 Å². The summed E-state index contributed by atoms with van der Waals surface area (Å²) in [6.45, 7) is 3.64. The maximum absolute atomic E-state index is 14.5. The van der Waals surface area contributed by atoms with Crippen LogP contribution in [0.4, 0.5) is 8.78 Å². The number of hydrogen-bond acceptors (Lipinski definition) is 7. The van der Waals surface area contributed by atoms with E-state index in [1.165, 1.54) is 18.2 Å². The number of imidazole rings is 1. The van der Waals surface area contributed by atoms with Gasteiger partial charge in [-0.25, -0.2) is 23.7 Å². The van der Waals surface area contributed by atoms with Crippen LogP contribution < -0.4 is 4.74 Å². The second-order valence-electron chi connectivity index (χ2n) is 10.2. The predicted octanol–water partition coefficient (Wildman–Crippen LogP) is 5.38. The molecule has 0 aliphatic carbocycles. The zero-order chi connectivity index (χ0) is 27.6. The molecular formula is C29H27ClF2N6O2. The molecule has 0 amide bonds. The van der Waals surface area contributed by atoms with Crippen LogP contribution in [0.3, 0.4) is 0 Å². The molecule has 2 aliphatic rings. The molecule has 0 bridgehead atoms. The van der Waals surface area contributed by atoms with Crippen molar-refractivity contribution in [1.29, 1.82) is 5.26 Å². The minimum atomic E-state index is -0.584. The standard InChI is InChI=1S/C29H27ClF2N6O2/c30-20-2-1-19(24(32)11-20)17-40-29-23(31)3-4-25(36-29)18-5-8-37(9-6-18)16-28-35-26-12-21(13-33)34-14-27(26)38(28)15-22-7-10-39-22/h1-4,11-12,14,18,22H,5-10,15-17H2/t22-/m0/s1. The summed E-state index contributed by atoms with van der Waals surface area (Å²) in [7, 11) is 0. The van der Waals surface area contributed by atoms with Crippen molar-refractivity contribution in [2.75, 3.05) is 19.7 Å². The van der Waals surface area contributed by atoms with E-state index >= 15 is 0 Å². The Morgan fingerprint density at radius 1 is 1.07 bits per heavy atom. The van der Waals surface area contributed by atoms with E-state index in [0.29, 0.717) is 18.8 Å². The minimum absolute atomic E-state index is 0.133. The Morgan fingerprint density at radius 3 is 2.62 bits per heavy atom. The van der Waals surface area contributed by atoms with Crippen LogP contribution in [0.15, 0.2) is 42.6 Å². The molecule has 5 heterocycles. The van der Waals surface area contributed by atoms with Crippen molar-refractivity contribution in [1.82, 2.24) is 24.4 Å². The topological polar surface area (TPSA) is 89.1 Å². The van der Waals surface area contributed by atoms with Gasteiger partial charge in [0.1, 0.15) is 30.0 Å². The van der Waals surface area contributed by atoms with Gasteiger partial charge < -0.3 is 14.0 Å². The molecule has 11 heteroatoms. The Morgan fingerprint density at radius 2 is 1.90 bits per heavy atom. The maximum atomic E-state index is 14.5. The van der Waals surface area contributed by atoms with Crippen molar-refractivity contribution >= 4 is 22.6 Å². The molecule has 206 valence electrons. The van der Waals surface area contributed by atoms with Gasteiger partial charge in [-0.05, 0) is 56.6 Å². The first-order valence-corrected chi connectivity index (χ1v) is 13.7. The Balaban J connectivity index is 1.12. The van der Waals surface area contributed by atoms with E-state index in [-0.39, 0.29) is 35.1 Å². The number of ether oxygens (including phenoxy) is 2. The Hall–Kier alpha value is -3.65. The van der Waals surface area contributed by atoms with Gasteiger partial charge >= 0.3 is 0 Å². The summed E-state index contributed by atoms with van der Waals surface area (Å²) < 4.78 is 41.9. The second kappa shape index (κ2) is 11.5. The lowest BCUT2D eigenvalue weighted by Gasteiger charge is -2.32. The summed E-state index contributed by atoms with van der Waals surface area (Å²) >= 11 is 5.81. The van der Waals surface area contributed by atoms with Crippen LogP contribution in [0, 0.1) is 23.0 Å². The number of hydrogen-bond donors (Lipinski definition) is 0. The lowest BCUT2D eigenvalue weighted by molar-refractivity contribution is -0.0592. The highest BCUT2D eigenvalue weighted by atomic mass is 35.5. The number of likely N-dealkylation sites (tertiary alicyclic amines) is 1. The zero-order valence-electron chi connectivity index (χ0n) is 21.7. The van der Waals surface area contributed by atoms with E-state index in [9.17, 15) is 14.0 Å². The van der Waals surface area contributed by atoms with E-state index in [0.717, 1.165) is 61.5 Å². The fourth-order valence-electron chi connectivity index (χ4n) is 5.23. The van der Waals surface area contributed by atoms with E-state index in [2.05, 4.69) is 25.5 Å². The third-order valence-electron chi connectivity index (χ3n) is 7.59. The minimum Gasteiger partial charge on any atom is -0.471 e. The van der Waals surface area contributed by atoms with E-state index in [4.69, 9.17) is 26.1 Å². The number of rotatable bonds is 8. The van der Waals surface area contributed by atoms with Crippen LogP contribution >= 0.6 is 11.6 Å². The van der Waals surface area contributed by atoms with Gasteiger partial charge in [-0.1, -0.05) is 17.7 Å². The number of nitrogens with zero attached hydrogens (tertiary/aromatic N) is 6. The first-order chi connectivity index (χ1) is 19.5. The summed E-state index contributed by atoms with van der Waals surface area (Å²) in [5.74, 6) is -0.153. The molecule has 2 aliphatic heterocycles. The Kier molecular flexibility index (Phi) is 7.61. The quantitative estimate of drug-likeness (QED) is 0.284. The molecule has 6 rings (SSSR count). The van der Waals surface area contributed by atoms with Crippen LogP contribution in [0.25, 0.3) is 11.0 Å². The Labute approximate surface area is 235 Å². The molecule has 0 radical (unpaired) electrons. The van der Waals surface area contributed by atoms with Crippen molar-refractivity contribution in [3.8, 4) is 11.9 Å². The molecule has 0 N–H and O–H groups in total. The van der Waals surface area contributed by atoms with Crippen molar-refractivity contribution < 1.29 is 18.3 Å². The highest BCUT2D eigenvalue weighted by Crippen LogP contribution is 2.30. The molecule has 3 aromatic heterocycles. The molecule has 4 aromatic rings. The van der Waals surface area contributed by atoms with Crippen molar-refractivity contribution in [2.45, 2.75) is 51.0 Å². The van der Waals surface area contributed by atoms with Gasteiger partial charge in [0.25, 0.3) is 5.88 Å². The molecule has 40 heavy (non-hydrogen) atoms. The van der Waals surface area contributed by atoms with Crippen LogP contribution in [-0.4, -0.2) is 50.2 Å². The summed E-state index contributed by atoms with van der Waals surface area (Å²) in [4.78, 5) is 15.9. The maximum Gasteiger partial charge on any atom is 0.250 e. The van der Waals surface area contributed by atoms with Gasteiger partial charge in [0.2, 0.25) is 0 Å². The van der Waals surface area contributed by atoms with E-state index in [1.807, 2.05) is 0 Å². The molecule has 2 saturated heterocycles. The second-order valence-corrected chi connectivity index (χ2v) is 10.6. The SMILES string of the molecule is N#Cc1cc2nc(CN3CCC(c4ccc(F)c(OCc5ccc(Cl)cc5F)n4)CC3)n(C[C@@H]3CCO3)c2cn1. The van der Waals surface area contributed by atoms with Gasteiger partial charge in [0.15, 0.2) is 5.82 Å². The molecule has 0 unspecified atom stereocenters. The summed E-state index contributed by atoms with van der Waals surface area (Å²) in [6.07, 6.45) is 4.58. The van der Waals surface area contributed by atoms with Gasteiger partial charge in [0, 0.05) is 34.9 Å². The largest absolute Gasteiger partial charge is 0.471 e. The summed E-state index contributed by atoms with van der Waals surface area (Å²) in [5.41, 5.74) is 3.05. The zero-order valence-corrected chi connectivity index (χ0v) is 22.4. The summed E-state index contributed by atoms with van der Waals surface area (Å²) in [5, 5.41) is 9.54. The van der Waals surface area contributed by atoms with Gasteiger partial charge in [-0.15, -0.1) is 0 Å². The first kappa shape index (κ1) is 26.6. The van der Waals surface area contributed by atoms with Crippen molar-refractivity contribution in [3.63, 3.8) is 0 Å². The predicted molar refractivity (Wildman–Crippen MR) is 144 cm³/mol. The number of nitriles is 1. The molecule has 1 aromatic carbocycles. The van der Waals surface area contributed by atoms with E-state index < -0.39 is 11.6 Å². The van der Waals surface area contributed by atoms with Crippen molar-refractivity contribution in [3.05, 3.63) is 82.0 Å². The number of benzene rings is 1. The van der Waals surface area contributed by atoms with Crippen LogP contribution in [0.1, 0.15) is 48.0 Å². The molecule has 1 atom stereocenters. The monoisotopic (exact) mass is 564 g/mol. The lowest BCUT2D eigenvalue weighted by atomic mass is 9.93.